The van der Waals surface area contributed by atoms with Gasteiger partial charge in [0, 0.05) is 43.1 Å². The number of aliphatic hydroxyl groups is 1. The Labute approximate surface area is 140 Å². The largest absolute Gasteiger partial charge is 0.451 e. The molecule has 1 fully saturated rings. The van der Waals surface area contributed by atoms with Crippen LogP contribution in [0.25, 0.3) is 11.0 Å². The summed E-state index contributed by atoms with van der Waals surface area (Å²) < 4.78 is 5.64. The number of hydrogen-bond donors (Lipinski definition) is 1. The lowest BCUT2D eigenvalue weighted by Gasteiger charge is -2.35. The molecule has 1 saturated heterocycles. The highest BCUT2D eigenvalue weighted by Crippen LogP contribution is 2.24. The Morgan fingerprint density at radius 2 is 2.04 bits per heavy atom. The molecule has 0 saturated carbocycles. The third-order valence-corrected chi connectivity index (χ3v) is 4.52. The summed E-state index contributed by atoms with van der Waals surface area (Å²) in [4.78, 5) is 16.6. The van der Waals surface area contributed by atoms with E-state index in [1.165, 1.54) is 0 Å². The summed E-state index contributed by atoms with van der Waals surface area (Å²) >= 11 is 5.96. The van der Waals surface area contributed by atoms with Gasteiger partial charge in [-0.15, -0.1) is 0 Å². The van der Waals surface area contributed by atoms with Gasteiger partial charge < -0.3 is 14.4 Å². The predicted molar refractivity (Wildman–Crippen MR) is 89.9 cm³/mol. The second-order valence-corrected chi connectivity index (χ2v) is 6.38. The van der Waals surface area contributed by atoms with Crippen molar-refractivity contribution < 1.29 is 14.3 Å². The number of halogens is 1. The molecule has 2 heterocycles. The van der Waals surface area contributed by atoms with Crippen LogP contribution in [0.1, 0.15) is 23.9 Å². The fourth-order valence-electron chi connectivity index (χ4n) is 2.84. The van der Waals surface area contributed by atoms with Gasteiger partial charge in [0.15, 0.2) is 5.76 Å². The number of β-amino-alcohol motifs (C(OH)–C–C–N with tert-alkyl or cyclic N) is 1. The molecule has 1 aliphatic heterocycles. The number of carbonyl (C=O) groups is 1. The summed E-state index contributed by atoms with van der Waals surface area (Å²) in [5, 5.41) is 11.2. The zero-order valence-corrected chi connectivity index (χ0v) is 13.9. The van der Waals surface area contributed by atoms with Crippen LogP contribution < -0.4 is 0 Å². The number of benzene rings is 1. The van der Waals surface area contributed by atoms with Gasteiger partial charge in [0.2, 0.25) is 0 Å². The fraction of sp³-hybridized carbons (Fsp3) is 0.471. The Hall–Kier alpha value is -1.56. The number of aliphatic hydroxyl groups excluding tert-OH is 1. The van der Waals surface area contributed by atoms with E-state index in [9.17, 15) is 9.90 Å². The van der Waals surface area contributed by atoms with Crippen molar-refractivity contribution in [3.8, 4) is 0 Å². The molecule has 1 atom stereocenters. The van der Waals surface area contributed by atoms with Gasteiger partial charge in [-0.1, -0.05) is 18.5 Å². The van der Waals surface area contributed by atoms with Crippen LogP contribution in [0.3, 0.4) is 0 Å². The first-order chi connectivity index (χ1) is 11.1. The molecule has 1 aromatic carbocycles. The number of furan rings is 1. The highest BCUT2D eigenvalue weighted by molar-refractivity contribution is 6.31. The van der Waals surface area contributed by atoms with Crippen LogP contribution in [0.15, 0.2) is 28.7 Å². The standard InChI is InChI=1S/C17H21ClN2O3/c1-2-14(21)11-19-5-7-20(8-6-19)17(22)16-10-12-9-13(18)3-4-15(12)23-16/h3-4,9-10,14,21H,2,5-8,11H2,1H3/t14-/m1/s1. The lowest BCUT2D eigenvalue weighted by Crippen LogP contribution is -2.50. The molecular formula is C17H21ClN2O3. The molecule has 0 unspecified atom stereocenters. The number of amides is 1. The van der Waals surface area contributed by atoms with Gasteiger partial charge in [0.1, 0.15) is 5.58 Å². The first kappa shape index (κ1) is 16.3. The molecule has 2 aromatic rings. The quantitative estimate of drug-likeness (QED) is 0.932. The van der Waals surface area contributed by atoms with Crippen molar-refractivity contribution in [2.45, 2.75) is 19.4 Å². The van der Waals surface area contributed by atoms with Gasteiger partial charge >= 0.3 is 0 Å². The molecule has 1 aromatic heterocycles. The van der Waals surface area contributed by atoms with Gasteiger partial charge in [0.25, 0.3) is 5.91 Å². The van der Waals surface area contributed by atoms with E-state index in [2.05, 4.69) is 4.90 Å². The molecule has 0 bridgehead atoms. The lowest BCUT2D eigenvalue weighted by molar-refractivity contribution is 0.0502. The SMILES string of the molecule is CC[C@@H](O)CN1CCN(C(=O)c2cc3cc(Cl)ccc3o2)CC1. The van der Waals surface area contributed by atoms with Gasteiger partial charge in [-0.25, -0.2) is 0 Å². The molecule has 1 amide bonds. The van der Waals surface area contributed by atoms with Crippen LogP contribution in [0.5, 0.6) is 0 Å². The van der Waals surface area contributed by atoms with E-state index in [-0.39, 0.29) is 12.0 Å². The first-order valence-corrected chi connectivity index (χ1v) is 8.33. The third-order valence-electron chi connectivity index (χ3n) is 4.29. The molecule has 0 aliphatic carbocycles. The van der Waals surface area contributed by atoms with Crippen LogP contribution >= 0.6 is 11.6 Å². The van der Waals surface area contributed by atoms with E-state index in [0.717, 1.165) is 24.9 Å². The second-order valence-electron chi connectivity index (χ2n) is 5.95. The molecular weight excluding hydrogens is 316 g/mol. The molecule has 124 valence electrons. The highest BCUT2D eigenvalue weighted by Gasteiger charge is 2.25. The smallest absolute Gasteiger partial charge is 0.289 e. The van der Waals surface area contributed by atoms with E-state index in [1.807, 2.05) is 6.92 Å². The average molecular weight is 337 g/mol. The van der Waals surface area contributed by atoms with Gasteiger partial charge in [-0.05, 0) is 30.7 Å². The predicted octanol–water partition coefficient (Wildman–Crippen LogP) is 2.61. The van der Waals surface area contributed by atoms with Crippen molar-refractivity contribution >= 4 is 28.5 Å². The number of nitrogens with zero attached hydrogens (tertiary/aromatic N) is 2. The number of fused-ring (bicyclic) bond motifs is 1. The number of carbonyl (C=O) groups excluding carboxylic acids is 1. The maximum atomic E-state index is 12.6. The van der Waals surface area contributed by atoms with Gasteiger partial charge in [0.05, 0.1) is 6.10 Å². The summed E-state index contributed by atoms with van der Waals surface area (Å²) in [6.07, 6.45) is 0.457. The third kappa shape index (κ3) is 3.68. The maximum absolute atomic E-state index is 12.6. The molecule has 1 N–H and O–H groups in total. The van der Waals surface area contributed by atoms with Crippen molar-refractivity contribution in [3.63, 3.8) is 0 Å². The average Bonchev–Trinajstić information content (AvgIpc) is 2.97. The minimum Gasteiger partial charge on any atom is -0.451 e. The van der Waals surface area contributed by atoms with Crippen LogP contribution in [0, 0.1) is 0 Å². The molecule has 6 heteroatoms. The minimum atomic E-state index is -0.294. The van der Waals surface area contributed by atoms with Crippen LogP contribution in [0.4, 0.5) is 0 Å². The van der Waals surface area contributed by atoms with Crippen molar-refractivity contribution in [2.75, 3.05) is 32.7 Å². The number of piperazine rings is 1. The van der Waals surface area contributed by atoms with Crippen molar-refractivity contribution in [3.05, 3.63) is 35.0 Å². The molecule has 1 aliphatic rings. The van der Waals surface area contributed by atoms with E-state index < -0.39 is 0 Å². The maximum Gasteiger partial charge on any atom is 0.289 e. The summed E-state index contributed by atoms with van der Waals surface area (Å²) in [6, 6.07) is 7.07. The van der Waals surface area contributed by atoms with Crippen molar-refractivity contribution in [1.82, 2.24) is 9.80 Å². The topological polar surface area (TPSA) is 56.9 Å². The summed E-state index contributed by atoms with van der Waals surface area (Å²) in [5.74, 6) is 0.261. The summed E-state index contributed by atoms with van der Waals surface area (Å²) in [5.41, 5.74) is 0.669. The van der Waals surface area contributed by atoms with Crippen molar-refractivity contribution in [2.24, 2.45) is 0 Å². The van der Waals surface area contributed by atoms with Crippen molar-refractivity contribution in [1.29, 1.82) is 0 Å². The fourth-order valence-corrected chi connectivity index (χ4v) is 3.02. The number of rotatable bonds is 4. The highest BCUT2D eigenvalue weighted by atomic mass is 35.5. The molecule has 3 rings (SSSR count). The van der Waals surface area contributed by atoms with E-state index >= 15 is 0 Å². The van der Waals surface area contributed by atoms with E-state index in [4.69, 9.17) is 16.0 Å². The zero-order valence-electron chi connectivity index (χ0n) is 13.2. The monoisotopic (exact) mass is 336 g/mol. The van der Waals surface area contributed by atoms with Crippen LogP contribution in [-0.4, -0.2) is 59.6 Å². The Morgan fingerprint density at radius 3 is 2.74 bits per heavy atom. The number of hydrogen-bond acceptors (Lipinski definition) is 4. The Morgan fingerprint density at radius 1 is 1.30 bits per heavy atom. The van der Waals surface area contributed by atoms with E-state index in [1.54, 1.807) is 29.2 Å². The Kier molecular flexibility index (Phi) is 4.90. The second kappa shape index (κ2) is 6.91. The van der Waals surface area contributed by atoms with E-state index in [0.29, 0.717) is 36.0 Å². The molecule has 0 spiro atoms. The lowest BCUT2D eigenvalue weighted by atomic mass is 10.2. The molecule has 0 radical (unpaired) electrons. The molecule has 23 heavy (non-hydrogen) atoms. The zero-order chi connectivity index (χ0) is 16.4. The summed E-state index contributed by atoms with van der Waals surface area (Å²) in [7, 11) is 0. The van der Waals surface area contributed by atoms with Gasteiger partial charge in [-0.3, -0.25) is 9.69 Å². The Bertz CT molecular complexity index is 692. The summed E-state index contributed by atoms with van der Waals surface area (Å²) in [6.45, 7) is 5.48. The van der Waals surface area contributed by atoms with Crippen LogP contribution in [0.2, 0.25) is 5.02 Å². The molecule has 5 nitrogen and oxygen atoms in total. The Balaban J connectivity index is 1.64. The normalized spacial score (nSPS) is 17.6. The van der Waals surface area contributed by atoms with Gasteiger partial charge in [-0.2, -0.15) is 0 Å². The van der Waals surface area contributed by atoms with Crippen LogP contribution in [-0.2, 0) is 0 Å². The first-order valence-electron chi connectivity index (χ1n) is 7.95. The minimum absolute atomic E-state index is 0.0898.